The first-order valence-corrected chi connectivity index (χ1v) is 12.1. The number of benzene rings is 1. The van der Waals surface area contributed by atoms with Crippen LogP contribution in [-0.2, 0) is 25.5 Å². The van der Waals surface area contributed by atoms with Gasteiger partial charge in [-0.25, -0.2) is 4.79 Å². The summed E-state index contributed by atoms with van der Waals surface area (Å²) in [6.45, 7) is 2.52. The van der Waals surface area contributed by atoms with Crippen molar-refractivity contribution >= 4 is 28.7 Å². The molecule has 1 saturated heterocycles. The van der Waals surface area contributed by atoms with Crippen LogP contribution in [0.2, 0.25) is 0 Å². The van der Waals surface area contributed by atoms with E-state index in [-0.39, 0.29) is 36.3 Å². The van der Waals surface area contributed by atoms with Crippen LogP contribution >= 0.6 is 0 Å². The Morgan fingerprint density at radius 3 is 2.72 bits per heavy atom. The molecule has 188 valence electrons. The lowest BCUT2D eigenvalue weighted by molar-refractivity contribution is -0.137. The summed E-state index contributed by atoms with van der Waals surface area (Å²) in [4.78, 5) is 54.0. The molecule has 0 saturated carbocycles. The Bertz CT molecular complexity index is 1310. The highest BCUT2D eigenvalue weighted by atomic mass is 16.5. The summed E-state index contributed by atoms with van der Waals surface area (Å²) in [6, 6.07) is 11.6. The first-order valence-electron chi connectivity index (χ1n) is 12.1. The van der Waals surface area contributed by atoms with E-state index in [1.807, 2.05) is 30.3 Å². The molecule has 1 aromatic carbocycles. The van der Waals surface area contributed by atoms with E-state index in [2.05, 4.69) is 15.6 Å². The van der Waals surface area contributed by atoms with Crippen LogP contribution in [0.25, 0.3) is 10.9 Å². The Kier molecular flexibility index (Phi) is 7.99. The van der Waals surface area contributed by atoms with Crippen LogP contribution in [0.15, 0.2) is 71.8 Å². The largest absolute Gasteiger partial charge is 0.463 e. The third-order valence-electron chi connectivity index (χ3n) is 6.33. The number of pyridine rings is 1. The number of carbonyl (C=O) groups excluding carboxylic acids is 3. The second-order valence-corrected chi connectivity index (χ2v) is 8.78. The van der Waals surface area contributed by atoms with Crippen LogP contribution in [0.4, 0.5) is 0 Å². The molecule has 4 rings (SSSR count). The maximum atomic E-state index is 13.7. The maximum Gasteiger partial charge on any atom is 0.330 e. The highest BCUT2D eigenvalue weighted by Gasteiger charge is 2.29. The second-order valence-electron chi connectivity index (χ2n) is 8.78. The summed E-state index contributed by atoms with van der Waals surface area (Å²) < 4.78 is 6.39. The van der Waals surface area contributed by atoms with Gasteiger partial charge in [0, 0.05) is 48.8 Å². The van der Waals surface area contributed by atoms with Gasteiger partial charge in [0.05, 0.1) is 6.61 Å². The average molecular weight is 491 g/mol. The number of nitrogens with one attached hydrogen (secondary N) is 3. The first kappa shape index (κ1) is 25.0. The molecule has 3 aromatic rings. The minimum atomic E-state index is -0.844. The molecule has 1 fully saturated rings. The van der Waals surface area contributed by atoms with Crippen molar-refractivity contribution in [3.05, 3.63) is 82.9 Å². The van der Waals surface area contributed by atoms with E-state index in [4.69, 9.17) is 4.74 Å². The molecule has 3 heterocycles. The SMILES string of the molecule is CCOC(=O)/C=C/C(C[C@@H]1CCNC1=O)NC(=O)[C@@H](Cc1ccccc1)n1ccc2cc[nH]c2c1=O. The summed E-state index contributed by atoms with van der Waals surface area (Å²) in [5, 5.41) is 6.53. The number of hydrogen-bond donors (Lipinski definition) is 3. The third-order valence-corrected chi connectivity index (χ3v) is 6.33. The van der Waals surface area contributed by atoms with Gasteiger partial charge in [-0.2, -0.15) is 0 Å². The summed E-state index contributed by atoms with van der Waals surface area (Å²) in [7, 11) is 0. The molecule has 0 bridgehead atoms. The minimum absolute atomic E-state index is 0.0759. The zero-order valence-corrected chi connectivity index (χ0v) is 20.1. The number of hydrogen-bond acceptors (Lipinski definition) is 5. The lowest BCUT2D eigenvalue weighted by atomic mass is 9.97. The van der Waals surface area contributed by atoms with Gasteiger partial charge in [0.1, 0.15) is 11.6 Å². The fourth-order valence-corrected chi connectivity index (χ4v) is 4.49. The Morgan fingerprint density at radius 2 is 2.00 bits per heavy atom. The van der Waals surface area contributed by atoms with Crippen molar-refractivity contribution in [3.8, 4) is 0 Å². The van der Waals surface area contributed by atoms with E-state index in [1.165, 1.54) is 10.6 Å². The Balaban J connectivity index is 1.63. The second kappa shape index (κ2) is 11.5. The lowest BCUT2D eigenvalue weighted by Gasteiger charge is -2.24. The van der Waals surface area contributed by atoms with Crippen molar-refractivity contribution in [1.29, 1.82) is 0 Å². The number of nitrogens with zero attached hydrogens (tertiary/aromatic N) is 1. The van der Waals surface area contributed by atoms with Gasteiger partial charge in [0.25, 0.3) is 5.56 Å². The van der Waals surface area contributed by atoms with Gasteiger partial charge in [0.15, 0.2) is 0 Å². The molecule has 1 aliphatic rings. The number of carbonyl (C=O) groups is 3. The fraction of sp³-hybridized carbons (Fsp3) is 0.333. The van der Waals surface area contributed by atoms with Crippen molar-refractivity contribution in [2.24, 2.45) is 5.92 Å². The fourth-order valence-electron chi connectivity index (χ4n) is 4.49. The number of ether oxygens (including phenoxy) is 1. The standard InChI is InChI=1S/C27H30N4O5/c1-2-36-23(32)9-8-21(17-20-11-14-29-25(20)33)30-26(34)22(16-18-6-4-3-5-7-18)31-15-12-19-10-13-28-24(19)27(31)35/h3-10,12-13,15,20-22,28H,2,11,14,16-17H2,1H3,(H,29,33)(H,30,34)/b9-8+/t20-,21?,22+/m0/s1. The quantitative estimate of drug-likeness (QED) is 0.297. The molecular formula is C27H30N4O5. The molecule has 9 heteroatoms. The minimum Gasteiger partial charge on any atom is -0.463 e. The molecule has 0 aliphatic carbocycles. The third kappa shape index (κ3) is 5.91. The highest BCUT2D eigenvalue weighted by molar-refractivity contribution is 5.85. The van der Waals surface area contributed by atoms with Crippen molar-refractivity contribution in [2.75, 3.05) is 13.2 Å². The van der Waals surface area contributed by atoms with Crippen molar-refractivity contribution in [3.63, 3.8) is 0 Å². The average Bonchev–Trinajstić information content (AvgIpc) is 3.52. The highest BCUT2D eigenvalue weighted by Crippen LogP contribution is 2.20. The smallest absolute Gasteiger partial charge is 0.330 e. The summed E-state index contributed by atoms with van der Waals surface area (Å²) >= 11 is 0. The summed E-state index contributed by atoms with van der Waals surface area (Å²) in [5.74, 6) is -1.27. The molecule has 1 unspecified atom stereocenters. The Hall–Kier alpha value is -4.14. The first-order chi connectivity index (χ1) is 17.5. The Morgan fingerprint density at radius 1 is 1.19 bits per heavy atom. The van der Waals surface area contributed by atoms with Gasteiger partial charge in [-0.1, -0.05) is 36.4 Å². The molecule has 3 atom stereocenters. The predicted octanol–water partition coefficient (Wildman–Crippen LogP) is 2.24. The van der Waals surface area contributed by atoms with Gasteiger partial charge in [-0.15, -0.1) is 0 Å². The topological polar surface area (TPSA) is 122 Å². The van der Waals surface area contributed by atoms with E-state index in [0.717, 1.165) is 10.9 Å². The molecule has 1 aliphatic heterocycles. The molecule has 3 N–H and O–H groups in total. The van der Waals surface area contributed by atoms with Crippen molar-refractivity contribution < 1.29 is 19.1 Å². The van der Waals surface area contributed by atoms with E-state index in [9.17, 15) is 19.2 Å². The number of aromatic amines is 1. The van der Waals surface area contributed by atoms with Gasteiger partial charge >= 0.3 is 5.97 Å². The maximum absolute atomic E-state index is 13.7. The predicted molar refractivity (Wildman–Crippen MR) is 135 cm³/mol. The van der Waals surface area contributed by atoms with E-state index in [0.29, 0.717) is 24.9 Å². The van der Waals surface area contributed by atoms with Gasteiger partial charge < -0.3 is 24.9 Å². The van der Waals surface area contributed by atoms with Crippen LogP contribution in [0.1, 0.15) is 31.4 Å². The molecule has 2 aromatic heterocycles. The van der Waals surface area contributed by atoms with Crippen LogP contribution in [0, 0.1) is 5.92 Å². The van der Waals surface area contributed by atoms with Crippen LogP contribution in [0.5, 0.6) is 0 Å². The van der Waals surface area contributed by atoms with Crippen LogP contribution < -0.4 is 16.2 Å². The Labute approximate surface area is 208 Å². The molecule has 36 heavy (non-hydrogen) atoms. The number of fused-ring (bicyclic) bond motifs is 1. The van der Waals surface area contributed by atoms with E-state index >= 15 is 0 Å². The molecule has 9 nitrogen and oxygen atoms in total. The zero-order chi connectivity index (χ0) is 25.5. The zero-order valence-electron chi connectivity index (χ0n) is 20.1. The number of rotatable bonds is 10. The monoisotopic (exact) mass is 490 g/mol. The number of aromatic nitrogens is 2. The molecule has 0 radical (unpaired) electrons. The lowest BCUT2D eigenvalue weighted by Crippen LogP contribution is -2.43. The van der Waals surface area contributed by atoms with Gasteiger partial charge in [-0.05, 0) is 37.5 Å². The number of amides is 2. The van der Waals surface area contributed by atoms with Gasteiger partial charge in [0.2, 0.25) is 11.8 Å². The van der Waals surface area contributed by atoms with E-state index < -0.39 is 18.1 Å². The molecule has 2 amide bonds. The van der Waals surface area contributed by atoms with Crippen LogP contribution in [0.3, 0.4) is 0 Å². The summed E-state index contributed by atoms with van der Waals surface area (Å²) in [5.41, 5.74) is 1.01. The number of H-pyrrole nitrogens is 1. The van der Waals surface area contributed by atoms with E-state index in [1.54, 1.807) is 37.5 Å². The van der Waals surface area contributed by atoms with Gasteiger partial charge in [-0.3, -0.25) is 14.4 Å². The number of esters is 1. The summed E-state index contributed by atoms with van der Waals surface area (Å²) in [6.07, 6.45) is 7.40. The molecule has 0 spiro atoms. The van der Waals surface area contributed by atoms with Crippen molar-refractivity contribution in [1.82, 2.24) is 20.2 Å². The van der Waals surface area contributed by atoms with Crippen LogP contribution in [-0.4, -0.2) is 46.5 Å². The molecular weight excluding hydrogens is 460 g/mol. The van der Waals surface area contributed by atoms with Crippen molar-refractivity contribution in [2.45, 2.75) is 38.3 Å². The normalized spacial score (nSPS) is 17.1.